The fraction of sp³-hybridized carbons (Fsp3) is 0.583. The van der Waals surface area contributed by atoms with E-state index >= 15 is 0 Å². The van der Waals surface area contributed by atoms with Gasteiger partial charge >= 0.3 is 0 Å². The van der Waals surface area contributed by atoms with E-state index in [2.05, 4.69) is 33.0 Å². The summed E-state index contributed by atoms with van der Waals surface area (Å²) in [6, 6.07) is 4.67. The second-order valence-electron chi connectivity index (χ2n) is 9.54. The van der Waals surface area contributed by atoms with Crippen molar-refractivity contribution in [3.05, 3.63) is 40.2 Å². The first-order chi connectivity index (χ1) is 15.0. The molecule has 0 saturated carbocycles. The van der Waals surface area contributed by atoms with E-state index in [-0.39, 0.29) is 27.7 Å². The van der Waals surface area contributed by atoms with Crippen LogP contribution in [0.4, 0.5) is 0 Å². The minimum Gasteiger partial charge on any atom is -0.352 e. The van der Waals surface area contributed by atoms with E-state index in [1.165, 1.54) is 10.4 Å². The van der Waals surface area contributed by atoms with Crippen molar-refractivity contribution in [3.63, 3.8) is 0 Å². The number of benzene rings is 1. The predicted molar refractivity (Wildman–Crippen MR) is 127 cm³/mol. The normalized spacial score (nSPS) is 20.1. The minimum atomic E-state index is -3.73. The number of aromatic nitrogens is 1. The Morgan fingerprint density at radius 3 is 2.44 bits per heavy atom. The molecule has 8 heteroatoms. The number of nitrogens with zero attached hydrogens (tertiary/aromatic N) is 2. The van der Waals surface area contributed by atoms with Crippen molar-refractivity contribution in [2.45, 2.75) is 58.9 Å². The Morgan fingerprint density at radius 1 is 1.19 bits per heavy atom. The second kappa shape index (κ2) is 9.75. The summed E-state index contributed by atoms with van der Waals surface area (Å²) in [6.45, 7) is 12.2. The second-order valence-corrected chi connectivity index (χ2v) is 11.5. The largest absolute Gasteiger partial charge is 0.352 e. The van der Waals surface area contributed by atoms with Gasteiger partial charge in [0.25, 0.3) is 5.91 Å². The van der Waals surface area contributed by atoms with Crippen LogP contribution in [0.2, 0.25) is 0 Å². The molecular formula is C24H35N3O4S. The zero-order chi connectivity index (χ0) is 23.6. The van der Waals surface area contributed by atoms with Crippen LogP contribution in [0.3, 0.4) is 0 Å². The number of sulfonamides is 1. The predicted octanol–water partition coefficient (Wildman–Crippen LogP) is 3.46. The SMILES string of the molecule is CCn1cc(C(=O)NCCC(C)C)c(=O)c2cc(S(=O)(=O)N3C[C@H](C)C[C@H](C)C3)ccc21. The average Bonchev–Trinajstić information content (AvgIpc) is 2.72. The van der Waals surface area contributed by atoms with Crippen LogP contribution < -0.4 is 10.7 Å². The Morgan fingerprint density at radius 2 is 1.84 bits per heavy atom. The van der Waals surface area contributed by atoms with Gasteiger partial charge in [-0.05, 0) is 55.7 Å². The molecule has 7 nitrogen and oxygen atoms in total. The van der Waals surface area contributed by atoms with Gasteiger partial charge in [-0.1, -0.05) is 27.7 Å². The molecule has 0 spiro atoms. The summed E-state index contributed by atoms with van der Waals surface area (Å²) in [6.07, 6.45) is 3.38. The Bertz CT molecular complexity index is 1140. The molecule has 3 rings (SSSR count). The number of rotatable bonds is 7. The summed E-state index contributed by atoms with van der Waals surface area (Å²) in [7, 11) is -3.73. The average molecular weight is 462 g/mol. The summed E-state index contributed by atoms with van der Waals surface area (Å²) in [5, 5.41) is 3.07. The van der Waals surface area contributed by atoms with E-state index in [4.69, 9.17) is 0 Å². The number of carbonyl (C=O) groups is 1. The number of piperidine rings is 1. The maximum atomic E-state index is 13.3. The number of hydrogen-bond donors (Lipinski definition) is 1. The zero-order valence-electron chi connectivity index (χ0n) is 19.7. The number of amides is 1. The number of hydrogen-bond acceptors (Lipinski definition) is 4. The first-order valence-electron chi connectivity index (χ1n) is 11.5. The van der Waals surface area contributed by atoms with Gasteiger partial charge in [-0.25, -0.2) is 8.42 Å². The molecule has 1 N–H and O–H groups in total. The van der Waals surface area contributed by atoms with E-state index in [1.807, 2.05) is 11.5 Å². The van der Waals surface area contributed by atoms with Crippen LogP contribution >= 0.6 is 0 Å². The van der Waals surface area contributed by atoms with E-state index in [0.717, 1.165) is 12.8 Å². The van der Waals surface area contributed by atoms with Crippen LogP contribution in [-0.4, -0.2) is 42.8 Å². The van der Waals surface area contributed by atoms with E-state index in [1.54, 1.807) is 18.3 Å². The lowest BCUT2D eigenvalue weighted by Gasteiger charge is -2.34. The van der Waals surface area contributed by atoms with Crippen LogP contribution in [0.25, 0.3) is 10.9 Å². The summed E-state index contributed by atoms with van der Waals surface area (Å²) in [4.78, 5) is 26.0. The highest BCUT2D eigenvalue weighted by atomic mass is 32.2. The van der Waals surface area contributed by atoms with Gasteiger partial charge in [0.1, 0.15) is 5.56 Å². The van der Waals surface area contributed by atoms with E-state index in [0.29, 0.717) is 37.6 Å². The van der Waals surface area contributed by atoms with Crippen molar-refractivity contribution in [2.24, 2.45) is 17.8 Å². The van der Waals surface area contributed by atoms with Crippen LogP contribution in [-0.2, 0) is 16.6 Å². The van der Waals surface area contributed by atoms with Crippen LogP contribution in [0.1, 0.15) is 57.8 Å². The van der Waals surface area contributed by atoms with Crippen molar-refractivity contribution in [2.75, 3.05) is 19.6 Å². The maximum absolute atomic E-state index is 13.3. The first-order valence-corrected chi connectivity index (χ1v) is 12.9. The highest BCUT2D eigenvalue weighted by Gasteiger charge is 2.32. The van der Waals surface area contributed by atoms with Gasteiger partial charge in [0, 0.05) is 37.8 Å². The van der Waals surface area contributed by atoms with Crippen molar-refractivity contribution in [1.82, 2.24) is 14.2 Å². The van der Waals surface area contributed by atoms with Crippen molar-refractivity contribution in [3.8, 4) is 0 Å². The smallest absolute Gasteiger partial charge is 0.256 e. The molecule has 1 aliphatic heterocycles. The fourth-order valence-corrected chi connectivity index (χ4v) is 6.19. The molecule has 0 unspecified atom stereocenters. The maximum Gasteiger partial charge on any atom is 0.256 e. The van der Waals surface area contributed by atoms with Gasteiger partial charge < -0.3 is 9.88 Å². The van der Waals surface area contributed by atoms with Gasteiger partial charge in [-0.15, -0.1) is 0 Å². The first kappa shape index (κ1) is 24.5. The van der Waals surface area contributed by atoms with Crippen LogP contribution in [0.5, 0.6) is 0 Å². The molecule has 1 amide bonds. The molecule has 0 radical (unpaired) electrons. The van der Waals surface area contributed by atoms with Gasteiger partial charge in [0.15, 0.2) is 0 Å². The molecule has 1 aliphatic rings. The van der Waals surface area contributed by atoms with Gasteiger partial charge in [0.2, 0.25) is 15.5 Å². The van der Waals surface area contributed by atoms with E-state index in [9.17, 15) is 18.0 Å². The summed E-state index contributed by atoms with van der Waals surface area (Å²) in [5.74, 6) is 0.582. The Kier molecular flexibility index (Phi) is 7.45. The molecular weight excluding hydrogens is 426 g/mol. The zero-order valence-corrected chi connectivity index (χ0v) is 20.5. The lowest BCUT2D eigenvalue weighted by molar-refractivity contribution is 0.0950. The monoisotopic (exact) mass is 461 g/mol. The summed E-state index contributed by atoms with van der Waals surface area (Å²) >= 11 is 0. The van der Waals surface area contributed by atoms with Gasteiger partial charge in [0.05, 0.1) is 10.4 Å². The van der Waals surface area contributed by atoms with Gasteiger partial charge in [-0.2, -0.15) is 4.31 Å². The van der Waals surface area contributed by atoms with Crippen molar-refractivity contribution < 1.29 is 13.2 Å². The highest BCUT2D eigenvalue weighted by Crippen LogP contribution is 2.28. The Hall–Kier alpha value is -2.19. The lowest BCUT2D eigenvalue weighted by Crippen LogP contribution is -2.42. The molecule has 0 bridgehead atoms. The molecule has 32 heavy (non-hydrogen) atoms. The number of fused-ring (bicyclic) bond motifs is 1. The molecule has 1 fully saturated rings. The third kappa shape index (κ3) is 5.07. The quantitative estimate of drug-likeness (QED) is 0.684. The van der Waals surface area contributed by atoms with Crippen LogP contribution in [0.15, 0.2) is 34.1 Å². The highest BCUT2D eigenvalue weighted by molar-refractivity contribution is 7.89. The van der Waals surface area contributed by atoms with Crippen molar-refractivity contribution >= 4 is 26.8 Å². The molecule has 2 heterocycles. The third-order valence-corrected chi connectivity index (χ3v) is 7.94. The van der Waals surface area contributed by atoms with E-state index < -0.39 is 21.4 Å². The molecule has 0 aliphatic carbocycles. The topological polar surface area (TPSA) is 88.5 Å². The fourth-order valence-electron chi connectivity index (χ4n) is 4.48. The summed E-state index contributed by atoms with van der Waals surface area (Å²) in [5.41, 5.74) is 0.220. The molecule has 2 aromatic rings. The number of aryl methyl sites for hydroxylation is 1. The van der Waals surface area contributed by atoms with Gasteiger partial charge in [-0.3, -0.25) is 9.59 Å². The third-order valence-electron chi connectivity index (χ3n) is 6.12. The van der Waals surface area contributed by atoms with Crippen LogP contribution in [0, 0.1) is 17.8 Å². The van der Waals surface area contributed by atoms with Crippen molar-refractivity contribution in [1.29, 1.82) is 0 Å². The molecule has 1 aromatic heterocycles. The Balaban J connectivity index is 2.04. The number of nitrogens with one attached hydrogen (secondary N) is 1. The molecule has 1 saturated heterocycles. The minimum absolute atomic E-state index is 0.0397. The standard InChI is InChI=1S/C24H35N3O4S/c1-6-26-15-21(24(29)25-10-9-16(2)3)23(28)20-12-19(7-8-22(20)26)32(30,31)27-13-17(4)11-18(5)14-27/h7-8,12,15-18H,6,9-11,13-14H2,1-5H3,(H,25,29)/t17-,18+. The summed E-state index contributed by atoms with van der Waals surface area (Å²) < 4.78 is 30.0. The number of carbonyl (C=O) groups excluding carboxylic acids is 1. The molecule has 176 valence electrons. The Labute approximate surface area is 190 Å². The lowest BCUT2D eigenvalue weighted by atomic mass is 9.94. The number of pyridine rings is 1. The molecule has 1 aromatic carbocycles. The molecule has 2 atom stereocenters.